The van der Waals surface area contributed by atoms with Gasteiger partial charge in [-0.1, -0.05) is 13.8 Å². The molecule has 0 saturated carbocycles. The molecule has 1 unspecified atom stereocenters. The zero-order valence-electron chi connectivity index (χ0n) is 10.6. The van der Waals surface area contributed by atoms with E-state index in [2.05, 4.69) is 24.1 Å². The summed E-state index contributed by atoms with van der Waals surface area (Å²) < 4.78 is 12.8. The number of hydrogen-bond acceptors (Lipinski definition) is 2. The lowest BCUT2D eigenvalue weighted by atomic mass is 10.1. The Morgan fingerprint density at radius 2 is 2.06 bits per heavy atom. The second-order valence-corrected chi connectivity index (χ2v) is 5.14. The third-order valence-corrected chi connectivity index (χ3v) is 3.29. The molecule has 94 valence electrons. The van der Waals surface area contributed by atoms with Crippen molar-refractivity contribution in [2.45, 2.75) is 26.3 Å². The normalized spacial score (nSPS) is 20.2. The lowest BCUT2D eigenvalue weighted by molar-refractivity contribution is 0.480. The van der Waals surface area contributed by atoms with Crippen LogP contribution in [0, 0.1) is 11.7 Å². The summed E-state index contributed by atoms with van der Waals surface area (Å²) in [6.07, 6.45) is 1.22. The van der Waals surface area contributed by atoms with Gasteiger partial charge in [0.05, 0.1) is 0 Å². The van der Waals surface area contributed by atoms with E-state index in [4.69, 9.17) is 0 Å². The fraction of sp³-hybridized carbons (Fsp3) is 0.571. The number of benzene rings is 1. The quantitative estimate of drug-likeness (QED) is 0.864. The first-order valence-corrected chi connectivity index (χ1v) is 6.39. The van der Waals surface area contributed by atoms with Gasteiger partial charge in [0.2, 0.25) is 0 Å². The Morgan fingerprint density at radius 3 is 2.71 bits per heavy atom. The molecule has 1 aliphatic rings. The zero-order valence-corrected chi connectivity index (χ0v) is 10.6. The van der Waals surface area contributed by atoms with Crippen LogP contribution in [0.4, 0.5) is 10.1 Å². The van der Waals surface area contributed by atoms with Crippen molar-refractivity contribution in [3.8, 4) is 0 Å². The second kappa shape index (κ2) is 5.50. The van der Waals surface area contributed by atoms with Gasteiger partial charge in [0.15, 0.2) is 0 Å². The van der Waals surface area contributed by atoms with Crippen molar-refractivity contribution >= 4 is 5.69 Å². The summed E-state index contributed by atoms with van der Waals surface area (Å²) in [6, 6.07) is 7.36. The first-order chi connectivity index (χ1) is 8.15. The van der Waals surface area contributed by atoms with Crippen LogP contribution in [-0.4, -0.2) is 25.7 Å². The summed E-state index contributed by atoms with van der Waals surface area (Å²) >= 11 is 0. The van der Waals surface area contributed by atoms with Gasteiger partial charge in [-0.15, -0.1) is 0 Å². The summed E-state index contributed by atoms with van der Waals surface area (Å²) in [5, 5.41) is 3.48. The van der Waals surface area contributed by atoms with E-state index in [1.807, 2.05) is 12.1 Å². The van der Waals surface area contributed by atoms with Crippen LogP contribution in [-0.2, 0) is 0 Å². The molecule has 1 aromatic carbocycles. The summed E-state index contributed by atoms with van der Waals surface area (Å²) in [5.41, 5.74) is 1.14. The second-order valence-electron chi connectivity index (χ2n) is 5.14. The van der Waals surface area contributed by atoms with Crippen molar-refractivity contribution in [1.82, 2.24) is 5.32 Å². The van der Waals surface area contributed by atoms with Crippen molar-refractivity contribution in [1.29, 1.82) is 0 Å². The van der Waals surface area contributed by atoms with Gasteiger partial charge < -0.3 is 10.2 Å². The molecule has 0 spiro atoms. The maximum atomic E-state index is 12.8. The molecule has 0 bridgehead atoms. The standard InChI is InChI=1S/C14H21FN2/c1-11(2)16-9-12-7-8-17(10-12)14-5-3-13(15)4-6-14/h3-6,11-12,16H,7-10H2,1-2H3. The maximum absolute atomic E-state index is 12.8. The van der Waals surface area contributed by atoms with E-state index in [1.165, 1.54) is 18.6 Å². The van der Waals surface area contributed by atoms with E-state index in [0.29, 0.717) is 12.0 Å². The van der Waals surface area contributed by atoms with Crippen LogP contribution >= 0.6 is 0 Å². The largest absolute Gasteiger partial charge is 0.371 e. The summed E-state index contributed by atoms with van der Waals surface area (Å²) in [6.45, 7) is 7.58. The molecular weight excluding hydrogens is 215 g/mol. The molecule has 17 heavy (non-hydrogen) atoms. The van der Waals surface area contributed by atoms with Crippen LogP contribution in [0.1, 0.15) is 20.3 Å². The van der Waals surface area contributed by atoms with Gasteiger partial charge in [-0.3, -0.25) is 0 Å². The molecule has 2 nitrogen and oxygen atoms in total. The van der Waals surface area contributed by atoms with E-state index in [-0.39, 0.29) is 5.82 Å². The molecule has 1 aliphatic heterocycles. The lowest BCUT2D eigenvalue weighted by Gasteiger charge is -2.19. The summed E-state index contributed by atoms with van der Waals surface area (Å²) in [5.74, 6) is 0.549. The van der Waals surface area contributed by atoms with E-state index >= 15 is 0 Å². The van der Waals surface area contributed by atoms with Crippen LogP contribution in [0.5, 0.6) is 0 Å². The Bertz CT molecular complexity index is 348. The zero-order chi connectivity index (χ0) is 12.3. The SMILES string of the molecule is CC(C)NCC1CCN(c2ccc(F)cc2)C1. The third kappa shape index (κ3) is 3.43. The average Bonchev–Trinajstić information content (AvgIpc) is 2.76. The van der Waals surface area contributed by atoms with E-state index < -0.39 is 0 Å². The fourth-order valence-corrected chi connectivity index (χ4v) is 2.29. The Morgan fingerprint density at radius 1 is 1.35 bits per heavy atom. The van der Waals surface area contributed by atoms with E-state index in [0.717, 1.165) is 25.3 Å². The number of nitrogens with zero attached hydrogens (tertiary/aromatic N) is 1. The van der Waals surface area contributed by atoms with Crippen LogP contribution in [0.25, 0.3) is 0 Å². The third-order valence-electron chi connectivity index (χ3n) is 3.29. The predicted molar refractivity (Wildman–Crippen MR) is 69.9 cm³/mol. The van der Waals surface area contributed by atoms with Gasteiger partial charge in [-0.25, -0.2) is 4.39 Å². The molecule has 1 atom stereocenters. The number of nitrogens with one attached hydrogen (secondary N) is 1. The molecule has 0 aliphatic carbocycles. The number of halogens is 1. The minimum atomic E-state index is -0.161. The Labute approximate surface area is 103 Å². The predicted octanol–water partition coefficient (Wildman–Crippen LogP) is 2.65. The molecule has 2 rings (SSSR count). The molecule has 0 radical (unpaired) electrons. The van der Waals surface area contributed by atoms with Crippen molar-refractivity contribution < 1.29 is 4.39 Å². The molecule has 1 N–H and O–H groups in total. The molecular formula is C14H21FN2. The van der Waals surface area contributed by atoms with Gasteiger partial charge >= 0.3 is 0 Å². The van der Waals surface area contributed by atoms with Crippen LogP contribution in [0.2, 0.25) is 0 Å². The first kappa shape index (κ1) is 12.4. The van der Waals surface area contributed by atoms with Gasteiger partial charge in [-0.05, 0) is 43.1 Å². The minimum Gasteiger partial charge on any atom is -0.371 e. The van der Waals surface area contributed by atoms with Crippen molar-refractivity contribution in [3.63, 3.8) is 0 Å². The highest BCUT2D eigenvalue weighted by Crippen LogP contribution is 2.23. The van der Waals surface area contributed by atoms with Crippen LogP contribution in [0.15, 0.2) is 24.3 Å². The lowest BCUT2D eigenvalue weighted by Crippen LogP contribution is -2.30. The fourth-order valence-electron chi connectivity index (χ4n) is 2.29. The smallest absolute Gasteiger partial charge is 0.123 e. The topological polar surface area (TPSA) is 15.3 Å². The van der Waals surface area contributed by atoms with Crippen molar-refractivity contribution in [3.05, 3.63) is 30.1 Å². The molecule has 0 amide bonds. The minimum absolute atomic E-state index is 0.161. The van der Waals surface area contributed by atoms with Crippen molar-refractivity contribution in [2.75, 3.05) is 24.5 Å². The molecule has 0 aromatic heterocycles. The highest BCUT2D eigenvalue weighted by Gasteiger charge is 2.22. The summed E-state index contributed by atoms with van der Waals surface area (Å²) in [4.78, 5) is 2.34. The van der Waals surface area contributed by atoms with Gasteiger partial charge in [-0.2, -0.15) is 0 Å². The highest BCUT2D eigenvalue weighted by atomic mass is 19.1. The van der Waals surface area contributed by atoms with Gasteiger partial charge in [0, 0.05) is 24.8 Å². The highest BCUT2D eigenvalue weighted by molar-refractivity contribution is 5.47. The number of hydrogen-bond donors (Lipinski definition) is 1. The first-order valence-electron chi connectivity index (χ1n) is 6.39. The molecule has 3 heteroatoms. The molecule has 1 aromatic rings. The maximum Gasteiger partial charge on any atom is 0.123 e. The molecule has 1 heterocycles. The summed E-state index contributed by atoms with van der Waals surface area (Å²) in [7, 11) is 0. The van der Waals surface area contributed by atoms with Crippen molar-refractivity contribution in [2.24, 2.45) is 5.92 Å². The average molecular weight is 236 g/mol. The monoisotopic (exact) mass is 236 g/mol. The van der Waals surface area contributed by atoms with Crippen LogP contribution < -0.4 is 10.2 Å². The van der Waals surface area contributed by atoms with E-state index in [9.17, 15) is 4.39 Å². The van der Waals surface area contributed by atoms with Gasteiger partial charge in [0.25, 0.3) is 0 Å². The number of anilines is 1. The van der Waals surface area contributed by atoms with Gasteiger partial charge in [0.1, 0.15) is 5.82 Å². The number of rotatable bonds is 4. The van der Waals surface area contributed by atoms with Crippen LogP contribution in [0.3, 0.4) is 0 Å². The molecule has 1 fully saturated rings. The Hall–Kier alpha value is -1.09. The molecule has 1 saturated heterocycles. The van der Waals surface area contributed by atoms with E-state index in [1.54, 1.807) is 0 Å². The Kier molecular flexibility index (Phi) is 4.00. The Balaban J connectivity index is 1.87.